The summed E-state index contributed by atoms with van der Waals surface area (Å²) < 4.78 is 0. The second-order valence-corrected chi connectivity index (χ2v) is 5.83. The first-order valence-corrected chi connectivity index (χ1v) is 8.97. The van der Waals surface area contributed by atoms with Gasteiger partial charge in [-0.1, -0.05) is 38.6 Å². The molecule has 2 aliphatic heterocycles. The van der Waals surface area contributed by atoms with Crippen LogP contribution in [0.2, 0.25) is 0 Å². The van der Waals surface area contributed by atoms with E-state index in [2.05, 4.69) is 11.5 Å². The van der Waals surface area contributed by atoms with Crippen molar-refractivity contribution < 1.29 is 14.4 Å². The summed E-state index contributed by atoms with van der Waals surface area (Å²) in [7, 11) is 2.75. The molecule has 27 heavy (non-hydrogen) atoms. The number of rotatable bonds is 2. The number of benzene rings is 1. The molecule has 1 saturated heterocycles. The summed E-state index contributed by atoms with van der Waals surface area (Å²) in [6, 6.07) is 6.94. The van der Waals surface area contributed by atoms with Gasteiger partial charge in [-0.15, -0.1) is 0 Å². The van der Waals surface area contributed by atoms with Gasteiger partial charge >= 0.3 is 6.03 Å². The number of allylic oxidation sites excluding steroid dienone is 3. The molecular weight excluding hydrogens is 342 g/mol. The minimum atomic E-state index is -0.633. The summed E-state index contributed by atoms with van der Waals surface area (Å²) in [4.78, 5) is 41.3. The average Bonchev–Trinajstić information content (AvgIpc) is 2.71. The number of urea groups is 1. The van der Waals surface area contributed by atoms with Gasteiger partial charge in [0.05, 0.1) is 0 Å². The molecule has 0 bridgehead atoms. The maximum atomic E-state index is 12.7. The Morgan fingerprint density at radius 1 is 1.00 bits per heavy atom. The number of anilines is 1. The molecule has 0 aliphatic carbocycles. The van der Waals surface area contributed by atoms with Crippen molar-refractivity contribution in [2.24, 2.45) is 0 Å². The van der Waals surface area contributed by atoms with Crippen LogP contribution < -0.4 is 4.90 Å². The van der Waals surface area contributed by atoms with E-state index in [1.165, 1.54) is 14.1 Å². The molecule has 4 amide bonds. The molecule has 6 heteroatoms. The zero-order chi connectivity index (χ0) is 20.3. The molecular formula is C21H25N3O3. The standard InChI is InChI=1S/C19H19N3O3.C2H6/c1-5-12-11-14(13-9-7-8-10-15(13)22(12)6-2)16-17(23)20(3)19(25)21(4)18(16)24;1-2/h5,7-11H,1,6H2,2-4H3;1-2H3. The molecule has 6 nitrogen and oxygen atoms in total. The van der Waals surface area contributed by atoms with E-state index in [9.17, 15) is 14.4 Å². The zero-order valence-electron chi connectivity index (χ0n) is 16.4. The minimum Gasteiger partial charge on any atom is -0.341 e. The number of fused-ring (bicyclic) bond motifs is 1. The zero-order valence-corrected chi connectivity index (χ0v) is 16.4. The van der Waals surface area contributed by atoms with Crippen LogP contribution in [-0.4, -0.2) is 48.3 Å². The fraction of sp³-hybridized carbons (Fsp3) is 0.286. The van der Waals surface area contributed by atoms with Crippen LogP contribution in [0.4, 0.5) is 10.5 Å². The van der Waals surface area contributed by atoms with Gasteiger partial charge in [-0.3, -0.25) is 19.4 Å². The summed E-state index contributed by atoms with van der Waals surface area (Å²) in [5.41, 5.74) is 2.98. The van der Waals surface area contributed by atoms with Crippen molar-refractivity contribution in [3.05, 3.63) is 59.8 Å². The highest BCUT2D eigenvalue weighted by Crippen LogP contribution is 2.39. The lowest BCUT2D eigenvalue weighted by Crippen LogP contribution is -2.53. The van der Waals surface area contributed by atoms with Gasteiger partial charge in [0.15, 0.2) is 0 Å². The molecule has 1 aromatic carbocycles. The number of likely N-dealkylation sites (N-methyl/N-ethyl adjacent to an activating group) is 3. The monoisotopic (exact) mass is 367 g/mol. The first kappa shape index (κ1) is 20.2. The Kier molecular flexibility index (Phi) is 6.00. The maximum absolute atomic E-state index is 12.7. The lowest BCUT2D eigenvalue weighted by molar-refractivity contribution is -0.134. The van der Waals surface area contributed by atoms with E-state index in [-0.39, 0.29) is 5.57 Å². The number of hydrogen-bond donors (Lipinski definition) is 0. The summed E-state index contributed by atoms with van der Waals surface area (Å²) in [5.74, 6) is -1.19. The number of para-hydroxylation sites is 1. The van der Waals surface area contributed by atoms with Crippen molar-refractivity contribution in [3.63, 3.8) is 0 Å². The molecule has 142 valence electrons. The quantitative estimate of drug-likeness (QED) is 0.594. The van der Waals surface area contributed by atoms with Crippen molar-refractivity contribution in [1.82, 2.24) is 9.80 Å². The first-order valence-electron chi connectivity index (χ1n) is 8.97. The summed E-state index contributed by atoms with van der Waals surface area (Å²) >= 11 is 0. The van der Waals surface area contributed by atoms with E-state index < -0.39 is 17.8 Å². The van der Waals surface area contributed by atoms with E-state index in [1.807, 2.05) is 45.0 Å². The normalized spacial score (nSPS) is 16.7. The lowest BCUT2D eigenvalue weighted by Gasteiger charge is -2.34. The number of imide groups is 2. The molecule has 0 aromatic heterocycles. The van der Waals surface area contributed by atoms with Gasteiger partial charge in [-0.25, -0.2) is 4.79 Å². The number of nitrogens with zero attached hydrogens (tertiary/aromatic N) is 3. The van der Waals surface area contributed by atoms with Crippen LogP contribution in [-0.2, 0) is 9.59 Å². The molecule has 0 spiro atoms. The van der Waals surface area contributed by atoms with E-state index in [4.69, 9.17) is 0 Å². The van der Waals surface area contributed by atoms with Gasteiger partial charge < -0.3 is 4.90 Å². The molecule has 1 aromatic rings. The fourth-order valence-electron chi connectivity index (χ4n) is 3.16. The van der Waals surface area contributed by atoms with Crippen LogP contribution in [0.3, 0.4) is 0 Å². The molecule has 2 aliphatic rings. The van der Waals surface area contributed by atoms with Crippen molar-refractivity contribution >= 4 is 29.1 Å². The Balaban J connectivity index is 0.00000126. The SMILES string of the molecule is C=CC1=CC(=C2C(=O)N(C)C(=O)N(C)C2=O)c2ccccc2N1CC.CC. The highest BCUT2D eigenvalue weighted by molar-refractivity contribution is 6.33. The smallest absolute Gasteiger partial charge is 0.333 e. The number of barbiturate groups is 1. The van der Waals surface area contributed by atoms with Crippen molar-refractivity contribution in [2.75, 3.05) is 25.5 Å². The van der Waals surface area contributed by atoms with Crippen LogP contribution in [0.15, 0.2) is 54.3 Å². The van der Waals surface area contributed by atoms with E-state index in [0.717, 1.165) is 33.3 Å². The van der Waals surface area contributed by atoms with Gasteiger partial charge in [0, 0.05) is 43.2 Å². The number of carbonyl (C=O) groups is 3. The highest BCUT2D eigenvalue weighted by atomic mass is 16.2. The Morgan fingerprint density at radius 2 is 1.56 bits per heavy atom. The van der Waals surface area contributed by atoms with Crippen molar-refractivity contribution in [3.8, 4) is 0 Å². The average molecular weight is 367 g/mol. The van der Waals surface area contributed by atoms with Gasteiger partial charge in [0.25, 0.3) is 11.8 Å². The van der Waals surface area contributed by atoms with Crippen LogP contribution in [0, 0.1) is 0 Å². The Labute approximate surface area is 160 Å². The van der Waals surface area contributed by atoms with Crippen molar-refractivity contribution in [2.45, 2.75) is 20.8 Å². The molecule has 0 unspecified atom stereocenters. The number of hydrogen-bond acceptors (Lipinski definition) is 4. The third-order valence-corrected chi connectivity index (χ3v) is 4.49. The predicted molar refractivity (Wildman–Crippen MR) is 107 cm³/mol. The Bertz CT molecular complexity index is 841. The van der Waals surface area contributed by atoms with Crippen LogP contribution in [0.5, 0.6) is 0 Å². The van der Waals surface area contributed by atoms with E-state index in [1.54, 1.807) is 12.2 Å². The molecule has 0 radical (unpaired) electrons. The largest absolute Gasteiger partial charge is 0.341 e. The predicted octanol–water partition coefficient (Wildman–Crippen LogP) is 3.43. The van der Waals surface area contributed by atoms with Gasteiger partial charge in [-0.2, -0.15) is 0 Å². The van der Waals surface area contributed by atoms with Crippen LogP contribution in [0.1, 0.15) is 26.3 Å². The second-order valence-electron chi connectivity index (χ2n) is 5.83. The van der Waals surface area contributed by atoms with Crippen LogP contribution in [0.25, 0.3) is 5.57 Å². The molecule has 0 saturated carbocycles. The first-order chi connectivity index (χ1) is 12.9. The molecule has 0 atom stereocenters. The van der Waals surface area contributed by atoms with Gasteiger partial charge in [-0.05, 0) is 25.1 Å². The van der Waals surface area contributed by atoms with Crippen LogP contribution >= 0.6 is 0 Å². The highest BCUT2D eigenvalue weighted by Gasteiger charge is 2.40. The lowest BCUT2D eigenvalue weighted by atomic mass is 9.91. The minimum absolute atomic E-state index is 0.00727. The Hall–Kier alpha value is -3.15. The van der Waals surface area contributed by atoms with Crippen molar-refractivity contribution in [1.29, 1.82) is 0 Å². The topological polar surface area (TPSA) is 60.9 Å². The summed E-state index contributed by atoms with van der Waals surface area (Å²) in [6.07, 6.45) is 3.47. The third kappa shape index (κ3) is 3.18. The van der Waals surface area contributed by atoms with E-state index in [0.29, 0.717) is 5.57 Å². The molecule has 3 rings (SSSR count). The third-order valence-electron chi connectivity index (χ3n) is 4.49. The van der Waals surface area contributed by atoms with Gasteiger partial charge in [0.2, 0.25) is 0 Å². The number of amides is 4. The molecule has 1 fully saturated rings. The Morgan fingerprint density at radius 3 is 2.07 bits per heavy atom. The molecule has 0 N–H and O–H groups in total. The fourth-order valence-corrected chi connectivity index (χ4v) is 3.16. The second kappa shape index (κ2) is 8.03. The molecule has 2 heterocycles. The number of carbonyl (C=O) groups excluding carboxylic acids is 3. The maximum Gasteiger partial charge on any atom is 0.333 e. The summed E-state index contributed by atoms with van der Waals surface area (Å²) in [6.45, 7) is 10.6. The van der Waals surface area contributed by atoms with Gasteiger partial charge in [0.1, 0.15) is 5.57 Å². The van der Waals surface area contributed by atoms with E-state index >= 15 is 0 Å². The summed E-state index contributed by atoms with van der Waals surface area (Å²) in [5, 5.41) is 0.